The van der Waals surface area contributed by atoms with Gasteiger partial charge in [0.25, 0.3) is 5.91 Å². The number of amides is 2. The Balaban J connectivity index is 2.62. The van der Waals surface area contributed by atoms with Crippen LogP contribution in [0.15, 0.2) is 71.1 Å². The smallest absolute Gasteiger partial charge is 0.405 e. The van der Waals surface area contributed by atoms with E-state index in [4.69, 9.17) is 19.9 Å². The average molecular weight is 586 g/mol. The summed E-state index contributed by atoms with van der Waals surface area (Å²) >= 11 is 0. The van der Waals surface area contributed by atoms with E-state index in [-0.39, 0.29) is 41.4 Å². The number of hydrogen-bond donors (Lipinski definition) is 4. The third kappa shape index (κ3) is 9.10. The van der Waals surface area contributed by atoms with Gasteiger partial charge in [-0.25, -0.2) is 4.79 Å². The molecule has 11 nitrogen and oxygen atoms in total. The second kappa shape index (κ2) is 16.0. The van der Waals surface area contributed by atoms with E-state index in [1.807, 2.05) is 6.92 Å². The van der Waals surface area contributed by atoms with Crippen molar-refractivity contribution in [3.8, 4) is 0 Å². The summed E-state index contributed by atoms with van der Waals surface area (Å²) in [5.41, 5.74) is 6.42. The lowest BCUT2D eigenvalue weighted by Crippen LogP contribution is -2.37. The van der Waals surface area contributed by atoms with Crippen LogP contribution in [0.5, 0.6) is 0 Å². The molecule has 0 saturated heterocycles. The Hall–Kier alpha value is -3.80. The van der Waals surface area contributed by atoms with Crippen molar-refractivity contribution < 1.29 is 38.5 Å². The van der Waals surface area contributed by atoms with Crippen molar-refractivity contribution in [2.75, 3.05) is 20.8 Å². The van der Waals surface area contributed by atoms with Crippen LogP contribution in [0.1, 0.15) is 40.5 Å². The number of carbonyl (C=O) groups is 4. The molecule has 1 heterocycles. The lowest BCUT2D eigenvalue weighted by Gasteiger charge is -2.30. The number of primary amides is 1. The molecule has 6 atom stereocenters. The van der Waals surface area contributed by atoms with E-state index >= 15 is 0 Å². The zero-order valence-corrected chi connectivity index (χ0v) is 25.1. The van der Waals surface area contributed by atoms with Crippen molar-refractivity contribution in [1.82, 2.24) is 10.6 Å². The van der Waals surface area contributed by atoms with E-state index in [2.05, 4.69) is 17.2 Å². The minimum Gasteiger partial charge on any atom is -0.439 e. The molecule has 2 bridgehead atoms. The van der Waals surface area contributed by atoms with Crippen LogP contribution in [0.3, 0.4) is 0 Å². The molecule has 2 rings (SSSR count). The molecule has 0 spiro atoms. The van der Waals surface area contributed by atoms with E-state index in [1.165, 1.54) is 20.3 Å². The number of methoxy groups -OCH3 is 2. The van der Waals surface area contributed by atoms with E-state index < -0.39 is 53.9 Å². The maximum Gasteiger partial charge on any atom is 0.405 e. The van der Waals surface area contributed by atoms with Crippen LogP contribution in [0.2, 0.25) is 0 Å². The van der Waals surface area contributed by atoms with Crippen molar-refractivity contribution in [2.45, 2.75) is 65.0 Å². The maximum absolute atomic E-state index is 13.5. The number of ether oxygens (including phenoxy) is 3. The molecule has 0 saturated carbocycles. The number of aliphatic hydroxyl groups is 1. The number of nitrogens with one attached hydrogen (secondary N) is 2. The van der Waals surface area contributed by atoms with Gasteiger partial charge in [0.2, 0.25) is 11.6 Å². The highest BCUT2D eigenvalue weighted by atomic mass is 16.6. The molecule has 0 fully saturated rings. The molecular weight excluding hydrogens is 542 g/mol. The third-order valence-corrected chi connectivity index (χ3v) is 7.22. The van der Waals surface area contributed by atoms with E-state index in [1.54, 1.807) is 45.1 Å². The lowest BCUT2D eigenvalue weighted by atomic mass is 9.85. The first kappa shape index (κ1) is 34.4. The summed E-state index contributed by atoms with van der Waals surface area (Å²) in [6, 6.07) is 0. The van der Waals surface area contributed by atoms with Crippen molar-refractivity contribution in [2.24, 2.45) is 17.6 Å². The zero-order valence-electron chi connectivity index (χ0n) is 25.1. The number of ketones is 2. The van der Waals surface area contributed by atoms with Gasteiger partial charge in [-0.05, 0) is 38.2 Å². The SMILES string of the molecule is C=CCNC1=C2C[C@@H](C)C[C@H](OC)[C@H](O)[C@@H](C)/C=C(\C)C(OC(N)=O)[C@@H](OC)C=CC=C(C)C(=O)NC(=CC1=O)C2=O. The van der Waals surface area contributed by atoms with Crippen LogP contribution < -0.4 is 16.4 Å². The Kier molecular flexibility index (Phi) is 13.1. The van der Waals surface area contributed by atoms with Crippen LogP contribution in [0.4, 0.5) is 4.79 Å². The van der Waals surface area contributed by atoms with Crippen LogP contribution in [-0.2, 0) is 28.6 Å². The first-order chi connectivity index (χ1) is 19.8. The number of rotatable bonds is 6. The fraction of sp³-hybridized carbons (Fsp3) is 0.484. The van der Waals surface area contributed by atoms with Crippen molar-refractivity contribution in [3.05, 3.63) is 71.1 Å². The van der Waals surface area contributed by atoms with Crippen LogP contribution in [0.25, 0.3) is 0 Å². The minimum atomic E-state index is -1.00. The van der Waals surface area contributed by atoms with Gasteiger partial charge in [-0.2, -0.15) is 0 Å². The topological polar surface area (TPSA) is 166 Å². The highest BCUT2D eigenvalue weighted by Gasteiger charge is 2.33. The number of Topliss-reactive ketones (excluding diaryl/α,β-unsaturated/α-hetero) is 1. The number of fused-ring (bicyclic) bond motifs is 2. The fourth-order valence-corrected chi connectivity index (χ4v) is 4.95. The summed E-state index contributed by atoms with van der Waals surface area (Å²) in [6.45, 7) is 10.9. The number of allylic oxidation sites excluding steroid dienone is 4. The summed E-state index contributed by atoms with van der Waals surface area (Å²) < 4.78 is 16.6. The molecule has 11 heteroatoms. The summed E-state index contributed by atoms with van der Waals surface area (Å²) in [5, 5.41) is 16.7. The van der Waals surface area contributed by atoms with Gasteiger partial charge in [0, 0.05) is 43.9 Å². The fourth-order valence-electron chi connectivity index (χ4n) is 4.95. The highest BCUT2D eigenvalue weighted by Crippen LogP contribution is 2.28. The van der Waals surface area contributed by atoms with Gasteiger partial charge in [0.05, 0.1) is 23.6 Å². The number of nitrogens with two attached hydrogens (primary N) is 1. The van der Waals surface area contributed by atoms with Gasteiger partial charge in [0.15, 0.2) is 6.10 Å². The Morgan fingerprint density at radius 1 is 1.21 bits per heavy atom. The zero-order chi connectivity index (χ0) is 31.6. The predicted molar refractivity (Wildman–Crippen MR) is 158 cm³/mol. The molecule has 0 aromatic heterocycles. The number of carbonyl (C=O) groups excluding carboxylic acids is 4. The standard InChI is InChI=1S/C31H43N3O8/c1-8-12-33-26-21-13-17(2)14-25(41-7)27(36)19(4)15-20(5)29(42-31(32)39)24(40-6)11-9-10-18(3)30(38)34-22(28(21)37)16-23(26)35/h8-11,15-17,19,24-25,27,29,33,36H,1,12-14H2,2-7H3,(H2,32,39)(H,34,38)/b11-9?,18-10?,20-15+/t17-,19+,24+,25+,27-,29?/m1/s1. The van der Waals surface area contributed by atoms with Crippen LogP contribution >= 0.6 is 0 Å². The molecule has 0 radical (unpaired) electrons. The first-order valence-corrected chi connectivity index (χ1v) is 13.8. The van der Waals surface area contributed by atoms with Gasteiger partial charge in [-0.3, -0.25) is 14.4 Å². The molecule has 0 aromatic carbocycles. The predicted octanol–water partition coefficient (Wildman–Crippen LogP) is 2.54. The van der Waals surface area contributed by atoms with Gasteiger partial charge in [-0.1, -0.05) is 44.2 Å². The van der Waals surface area contributed by atoms with Gasteiger partial charge >= 0.3 is 6.09 Å². The van der Waals surface area contributed by atoms with Gasteiger partial charge < -0.3 is 35.7 Å². The normalized spacial score (nSPS) is 29.6. The molecule has 1 unspecified atom stereocenters. The minimum absolute atomic E-state index is 0.132. The van der Waals surface area contributed by atoms with Gasteiger partial charge in [0.1, 0.15) is 6.10 Å². The quantitative estimate of drug-likeness (QED) is 0.271. The molecule has 42 heavy (non-hydrogen) atoms. The summed E-state index contributed by atoms with van der Waals surface area (Å²) in [6.07, 6.45) is 5.34. The maximum atomic E-state index is 13.5. The van der Waals surface area contributed by atoms with Gasteiger partial charge in [-0.15, -0.1) is 6.58 Å². The van der Waals surface area contributed by atoms with E-state index in [9.17, 15) is 24.3 Å². The molecule has 0 aromatic rings. The third-order valence-electron chi connectivity index (χ3n) is 7.22. The Labute approximate surface area is 247 Å². The summed E-state index contributed by atoms with van der Waals surface area (Å²) in [7, 11) is 2.92. The largest absolute Gasteiger partial charge is 0.439 e. The molecule has 1 aliphatic heterocycles. The molecular formula is C31H43N3O8. The van der Waals surface area contributed by atoms with Crippen molar-refractivity contribution >= 4 is 23.6 Å². The number of aliphatic hydroxyl groups excluding tert-OH is 1. The average Bonchev–Trinajstić information content (AvgIpc) is 2.94. The first-order valence-electron chi connectivity index (χ1n) is 13.8. The van der Waals surface area contributed by atoms with Crippen molar-refractivity contribution in [3.63, 3.8) is 0 Å². The number of hydrogen-bond acceptors (Lipinski definition) is 9. The Morgan fingerprint density at radius 3 is 2.50 bits per heavy atom. The van der Waals surface area contributed by atoms with E-state index in [0.717, 1.165) is 6.08 Å². The molecule has 2 amide bonds. The van der Waals surface area contributed by atoms with Crippen LogP contribution in [0, 0.1) is 11.8 Å². The second-order valence-corrected chi connectivity index (χ2v) is 10.6. The van der Waals surface area contributed by atoms with E-state index in [0.29, 0.717) is 12.0 Å². The highest BCUT2D eigenvalue weighted by molar-refractivity contribution is 6.23. The Bertz CT molecular complexity index is 1210. The summed E-state index contributed by atoms with van der Waals surface area (Å²) in [5.74, 6) is -2.14. The lowest BCUT2D eigenvalue weighted by molar-refractivity contribution is -0.120. The summed E-state index contributed by atoms with van der Waals surface area (Å²) in [4.78, 5) is 51.3. The molecule has 1 aliphatic carbocycles. The second-order valence-electron chi connectivity index (χ2n) is 10.6. The molecule has 2 aliphatic rings. The Morgan fingerprint density at radius 2 is 1.90 bits per heavy atom. The van der Waals surface area contributed by atoms with Crippen LogP contribution in [-0.4, -0.2) is 73.9 Å². The molecule has 230 valence electrons. The monoisotopic (exact) mass is 585 g/mol. The van der Waals surface area contributed by atoms with Crippen molar-refractivity contribution in [1.29, 1.82) is 0 Å². The molecule has 5 N–H and O–H groups in total.